The van der Waals surface area contributed by atoms with Gasteiger partial charge in [-0.25, -0.2) is 9.78 Å². The van der Waals surface area contributed by atoms with E-state index in [0.717, 1.165) is 0 Å². The Kier molecular flexibility index (Phi) is 2.22. The molecule has 0 aliphatic carbocycles. The monoisotopic (exact) mass is 156 g/mol. The van der Waals surface area contributed by atoms with Crippen molar-refractivity contribution in [2.24, 2.45) is 5.73 Å². The minimum atomic E-state index is -1.11. The van der Waals surface area contributed by atoms with E-state index in [-0.39, 0.29) is 5.76 Å². The van der Waals surface area contributed by atoms with Gasteiger partial charge in [-0.2, -0.15) is 0 Å². The molecule has 0 amide bonds. The number of carboxylic acid groups (broad SMARTS) is 1. The number of hydrogen-bond donors (Lipinski definition) is 2. The van der Waals surface area contributed by atoms with E-state index in [1.54, 1.807) is 0 Å². The molecule has 0 saturated heterocycles. The van der Waals surface area contributed by atoms with Crippen LogP contribution in [0.4, 0.5) is 0 Å². The van der Waals surface area contributed by atoms with E-state index in [2.05, 4.69) is 4.98 Å². The van der Waals surface area contributed by atoms with E-state index in [9.17, 15) is 4.79 Å². The van der Waals surface area contributed by atoms with Gasteiger partial charge in [0, 0.05) is 13.0 Å². The summed E-state index contributed by atoms with van der Waals surface area (Å²) in [6.07, 6.45) is 1.64. The van der Waals surface area contributed by atoms with Crippen molar-refractivity contribution < 1.29 is 14.3 Å². The Morgan fingerprint density at radius 2 is 2.55 bits per heavy atom. The highest BCUT2D eigenvalue weighted by molar-refractivity contribution is 5.83. The number of rotatable bonds is 3. The molecule has 1 aromatic heterocycles. The molecular formula is C6H8N2O3. The number of hydrogen-bond acceptors (Lipinski definition) is 4. The second kappa shape index (κ2) is 3.16. The maximum absolute atomic E-state index is 10.3. The van der Waals surface area contributed by atoms with Crippen LogP contribution in [-0.2, 0) is 6.42 Å². The van der Waals surface area contributed by atoms with Gasteiger partial charge in [-0.05, 0) is 0 Å². The minimum Gasteiger partial charge on any atom is -0.475 e. The number of aromatic carboxylic acids is 1. The van der Waals surface area contributed by atoms with Gasteiger partial charge >= 0.3 is 5.97 Å². The Labute approximate surface area is 62.8 Å². The molecule has 0 aromatic carbocycles. The molecule has 3 N–H and O–H groups in total. The fraction of sp³-hybridized carbons (Fsp3) is 0.333. The molecule has 0 spiro atoms. The molecule has 0 unspecified atom stereocenters. The first-order valence-corrected chi connectivity index (χ1v) is 3.12. The van der Waals surface area contributed by atoms with Crippen LogP contribution in [0, 0.1) is 0 Å². The predicted octanol–water partition coefficient (Wildman–Crippen LogP) is -0.126. The molecule has 0 aliphatic rings. The third-order valence-corrected chi connectivity index (χ3v) is 1.12. The fourth-order valence-electron chi connectivity index (χ4n) is 0.648. The lowest BCUT2D eigenvalue weighted by Gasteiger charge is -1.87. The minimum absolute atomic E-state index is 0.145. The molecule has 0 saturated carbocycles. The summed E-state index contributed by atoms with van der Waals surface area (Å²) >= 11 is 0. The normalized spacial score (nSPS) is 9.91. The van der Waals surface area contributed by atoms with Gasteiger partial charge in [0.1, 0.15) is 0 Å². The van der Waals surface area contributed by atoms with Crippen LogP contribution in [-0.4, -0.2) is 22.6 Å². The Bertz CT molecular complexity index is 256. The molecule has 5 nitrogen and oxygen atoms in total. The summed E-state index contributed by atoms with van der Waals surface area (Å²) < 4.78 is 4.79. The molecule has 1 aromatic rings. The van der Waals surface area contributed by atoms with Crippen LogP contribution in [0.5, 0.6) is 0 Å². The van der Waals surface area contributed by atoms with Crippen molar-refractivity contribution in [3.63, 3.8) is 0 Å². The second-order valence-corrected chi connectivity index (χ2v) is 1.96. The maximum Gasteiger partial charge on any atom is 0.373 e. The van der Waals surface area contributed by atoms with Gasteiger partial charge < -0.3 is 15.3 Å². The Morgan fingerprint density at radius 3 is 3.00 bits per heavy atom. The van der Waals surface area contributed by atoms with Gasteiger partial charge in [0.15, 0.2) is 5.89 Å². The highest BCUT2D eigenvalue weighted by atomic mass is 16.4. The van der Waals surface area contributed by atoms with Crippen molar-refractivity contribution >= 4 is 5.97 Å². The number of aromatic nitrogens is 1. The lowest BCUT2D eigenvalue weighted by molar-refractivity contribution is 0.0660. The predicted molar refractivity (Wildman–Crippen MR) is 36.2 cm³/mol. The van der Waals surface area contributed by atoms with E-state index in [4.69, 9.17) is 15.3 Å². The first-order valence-electron chi connectivity index (χ1n) is 3.12. The topological polar surface area (TPSA) is 89.3 Å². The van der Waals surface area contributed by atoms with E-state index in [1.807, 2.05) is 0 Å². The van der Waals surface area contributed by atoms with Gasteiger partial charge in [-0.1, -0.05) is 0 Å². The molecule has 5 heteroatoms. The van der Waals surface area contributed by atoms with Crippen LogP contribution in [0.2, 0.25) is 0 Å². The Balaban J connectivity index is 2.73. The van der Waals surface area contributed by atoms with Gasteiger partial charge in [0.25, 0.3) is 0 Å². The van der Waals surface area contributed by atoms with Crippen LogP contribution in [0.15, 0.2) is 10.6 Å². The molecule has 1 heterocycles. The highest BCUT2D eigenvalue weighted by Crippen LogP contribution is 2.02. The molecule has 0 aliphatic heterocycles. The molecule has 1 rings (SSSR count). The molecule has 11 heavy (non-hydrogen) atoms. The van der Waals surface area contributed by atoms with Crippen molar-refractivity contribution in [2.45, 2.75) is 6.42 Å². The zero-order valence-corrected chi connectivity index (χ0v) is 5.78. The summed E-state index contributed by atoms with van der Waals surface area (Å²) in [7, 11) is 0. The smallest absolute Gasteiger partial charge is 0.373 e. The average Bonchev–Trinajstić information content (AvgIpc) is 2.37. The largest absolute Gasteiger partial charge is 0.475 e. The maximum atomic E-state index is 10.3. The van der Waals surface area contributed by atoms with Crippen LogP contribution < -0.4 is 5.73 Å². The Morgan fingerprint density at radius 1 is 1.82 bits per heavy atom. The summed E-state index contributed by atoms with van der Waals surface area (Å²) in [6.45, 7) is 0.402. The molecular weight excluding hydrogens is 148 g/mol. The fourth-order valence-corrected chi connectivity index (χ4v) is 0.648. The SMILES string of the molecule is NCCc1ncc(C(=O)O)o1. The van der Waals surface area contributed by atoms with E-state index in [0.29, 0.717) is 18.9 Å². The van der Waals surface area contributed by atoms with Gasteiger partial charge in [0.05, 0.1) is 6.20 Å². The second-order valence-electron chi connectivity index (χ2n) is 1.96. The van der Waals surface area contributed by atoms with Gasteiger partial charge in [0.2, 0.25) is 5.76 Å². The average molecular weight is 156 g/mol. The van der Waals surface area contributed by atoms with Crippen LogP contribution in [0.25, 0.3) is 0 Å². The van der Waals surface area contributed by atoms with Crippen molar-refractivity contribution in [3.05, 3.63) is 17.8 Å². The van der Waals surface area contributed by atoms with E-state index in [1.165, 1.54) is 6.20 Å². The van der Waals surface area contributed by atoms with Crippen molar-refractivity contribution in [1.29, 1.82) is 0 Å². The molecule has 0 atom stereocenters. The zero-order chi connectivity index (χ0) is 8.27. The number of oxazole rings is 1. The summed E-state index contributed by atoms with van der Waals surface area (Å²) in [5, 5.41) is 8.40. The van der Waals surface area contributed by atoms with E-state index < -0.39 is 5.97 Å². The van der Waals surface area contributed by atoms with Crippen LogP contribution in [0.1, 0.15) is 16.4 Å². The van der Waals surface area contributed by atoms with Crippen LogP contribution >= 0.6 is 0 Å². The molecule has 0 fully saturated rings. The zero-order valence-electron chi connectivity index (χ0n) is 5.78. The third kappa shape index (κ3) is 1.78. The van der Waals surface area contributed by atoms with E-state index >= 15 is 0 Å². The Hall–Kier alpha value is -1.36. The first-order chi connectivity index (χ1) is 5.24. The number of carbonyl (C=O) groups is 1. The number of nitrogens with zero attached hydrogens (tertiary/aromatic N) is 1. The first kappa shape index (κ1) is 7.74. The third-order valence-electron chi connectivity index (χ3n) is 1.12. The summed E-state index contributed by atoms with van der Waals surface area (Å²) in [4.78, 5) is 14.0. The van der Waals surface area contributed by atoms with Crippen molar-refractivity contribution in [2.75, 3.05) is 6.54 Å². The summed E-state index contributed by atoms with van der Waals surface area (Å²) in [6, 6.07) is 0. The van der Waals surface area contributed by atoms with Gasteiger partial charge in [-0.3, -0.25) is 0 Å². The molecule has 0 radical (unpaired) electrons. The van der Waals surface area contributed by atoms with Crippen molar-refractivity contribution in [3.8, 4) is 0 Å². The number of carboxylic acids is 1. The highest BCUT2D eigenvalue weighted by Gasteiger charge is 2.08. The quantitative estimate of drug-likeness (QED) is 0.636. The lowest BCUT2D eigenvalue weighted by Crippen LogP contribution is -2.02. The van der Waals surface area contributed by atoms with Crippen molar-refractivity contribution in [1.82, 2.24) is 4.98 Å². The summed E-state index contributed by atoms with van der Waals surface area (Å²) in [5.41, 5.74) is 5.20. The molecule has 60 valence electrons. The number of nitrogens with two attached hydrogens (primary N) is 1. The van der Waals surface area contributed by atoms with Gasteiger partial charge in [-0.15, -0.1) is 0 Å². The lowest BCUT2D eigenvalue weighted by atomic mass is 10.4. The van der Waals surface area contributed by atoms with Crippen LogP contribution in [0.3, 0.4) is 0 Å². The molecule has 0 bridgehead atoms. The summed E-state index contributed by atoms with van der Waals surface area (Å²) in [5.74, 6) is -0.890. The standard InChI is InChI=1S/C6H8N2O3/c7-2-1-5-8-3-4(11-5)6(9)10/h3H,1-2,7H2,(H,9,10).